The van der Waals surface area contributed by atoms with E-state index in [-0.39, 0.29) is 31.4 Å². The van der Waals surface area contributed by atoms with Gasteiger partial charge in [-0.3, -0.25) is 14.4 Å². The predicted octanol–water partition coefficient (Wildman–Crippen LogP) is 0.619. The van der Waals surface area contributed by atoms with Gasteiger partial charge in [0.1, 0.15) is 5.92 Å². The van der Waals surface area contributed by atoms with Crippen LogP contribution in [-0.4, -0.2) is 49.6 Å². The zero-order valence-electron chi connectivity index (χ0n) is 12.0. The number of amides is 1. The number of ketones is 1. The smallest absolute Gasteiger partial charge is 0.318 e. The van der Waals surface area contributed by atoms with Gasteiger partial charge in [-0.25, -0.2) is 0 Å². The Bertz CT molecular complexity index is 633. The number of fused-ring (bicyclic) bond motifs is 1. The van der Waals surface area contributed by atoms with Crippen LogP contribution in [0.4, 0.5) is 0 Å². The number of rotatable bonds is 2. The van der Waals surface area contributed by atoms with Crippen LogP contribution in [0.1, 0.15) is 16.8 Å². The van der Waals surface area contributed by atoms with Crippen molar-refractivity contribution in [2.75, 3.05) is 27.0 Å². The van der Waals surface area contributed by atoms with Crippen molar-refractivity contribution in [3.63, 3.8) is 0 Å². The Kier molecular flexibility index (Phi) is 3.70. The second-order valence-electron chi connectivity index (χ2n) is 5.11. The summed E-state index contributed by atoms with van der Waals surface area (Å²) in [6.07, 6.45) is 0.149. The van der Waals surface area contributed by atoms with E-state index in [4.69, 9.17) is 9.47 Å². The molecule has 1 atom stereocenters. The van der Waals surface area contributed by atoms with Gasteiger partial charge >= 0.3 is 5.97 Å². The molecule has 0 aromatic heterocycles. The second kappa shape index (κ2) is 5.67. The average Bonchev–Trinajstić information content (AvgIpc) is 3.01. The van der Waals surface area contributed by atoms with Crippen LogP contribution in [0.15, 0.2) is 18.2 Å². The number of nitrogens with zero attached hydrogens (tertiary/aromatic N) is 1. The molecule has 1 saturated heterocycles. The summed E-state index contributed by atoms with van der Waals surface area (Å²) in [5.74, 6) is -0.840. The highest BCUT2D eigenvalue weighted by atomic mass is 16.7. The van der Waals surface area contributed by atoms with Gasteiger partial charge in [-0.15, -0.1) is 0 Å². The highest BCUT2D eigenvalue weighted by Crippen LogP contribution is 2.33. The molecular weight excluding hydrogens is 290 g/mol. The summed E-state index contributed by atoms with van der Waals surface area (Å²) in [4.78, 5) is 37.4. The number of hydrogen-bond acceptors (Lipinski definition) is 6. The quantitative estimate of drug-likeness (QED) is 0.588. The fraction of sp³-hybridized carbons (Fsp3) is 0.400. The van der Waals surface area contributed by atoms with Gasteiger partial charge in [0.15, 0.2) is 17.3 Å². The molecule has 0 radical (unpaired) electrons. The van der Waals surface area contributed by atoms with E-state index in [9.17, 15) is 14.4 Å². The van der Waals surface area contributed by atoms with Gasteiger partial charge in [0.25, 0.3) is 5.91 Å². The van der Waals surface area contributed by atoms with E-state index >= 15 is 0 Å². The largest absolute Gasteiger partial charge is 0.468 e. The Labute approximate surface area is 126 Å². The van der Waals surface area contributed by atoms with Crippen molar-refractivity contribution in [3.05, 3.63) is 23.8 Å². The summed E-state index contributed by atoms with van der Waals surface area (Å²) in [6, 6.07) is 4.91. The fourth-order valence-corrected chi connectivity index (χ4v) is 2.58. The van der Waals surface area contributed by atoms with Crippen LogP contribution in [-0.2, 0) is 14.3 Å². The lowest BCUT2D eigenvalue weighted by Crippen LogP contribution is -2.47. The SMILES string of the molecule is COC(=O)C1CN(C(=O)c2ccc3c(c2)OCO3)CCC1=O. The maximum atomic E-state index is 12.5. The first-order chi connectivity index (χ1) is 10.6. The molecule has 7 heteroatoms. The Morgan fingerprint density at radius 3 is 2.82 bits per heavy atom. The standard InChI is InChI=1S/C15H15NO6/c1-20-15(19)10-7-16(5-4-11(10)17)14(18)9-2-3-12-13(6-9)22-8-21-12/h2-3,6,10H,4-5,7-8H2,1H3. The molecule has 0 bridgehead atoms. The van der Waals surface area contributed by atoms with Crippen LogP contribution in [0.2, 0.25) is 0 Å². The first-order valence-corrected chi connectivity index (χ1v) is 6.89. The van der Waals surface area contributed by atoms with Crippen molar-refractivity contribution in [2.24, 2.45) is 5.92 Å². The van der Waals surface area contributed by atoms with Crippen molar-refractivity contribution < 1.29 is 28.6 Å². The first-order valence-electron chi connectivity index (χ1n) is 6.89. The molecule has 3 rings (SSSR count). The van der Waals surface area contributed by atoms with Gasteiger partial charge in [0, 0.05) is 25.1 Å². The van der Waals surface area contributed by atoms with Crippen LogP contribution < -0.4 is 9.47 Å². The minimum atomic E-state index is -0.906. The number of likely N-dealkylation sites (tertiary alicyclic amines) is 1. The summed E-state index contributed by atoms with van der Waals surface area (Å²) in [5.41, 5.74) is 0.433. The number of esters is 1. The summed E-state index contributed by atoms with van der Waals surface area (Å²) < 4.78 is 15.1. The molecule has 1 fully saturated rings. The third kappa shape index (κ3) is 2.49. The van der Waals surface area contributed by atoms with E-state index in [1.807, 2.05) is 0 Å². The summed E-state index contributed by atoms with van der Waals surface area (Å²) in [5, 5.41) is 0. The highest BCUT2D eigenvalue weighted by molar-refractivity contribution is 6.02. The summed E-state index contributed by atoms with van der Waals surface area (Å²) in [7, 11) is 1.23. The molecule has 0 saturated carbocycles. The van der Waals surface area contributed by atoms with Gasteiger partial charge in [-0.2, -0.15) is 0 Å². The highest BCUT2D eigenvalue weighted by Gasteiger charge is 2.36. The molecule has 0 aliphatic carbocycles. The van der Waals surface area contributed by atoms with Crippen LogP contribution in [0.3, 0.4) is 0 Å². The molecule has 2 aliphatic rings. The maximum absolute atomic E-state index is 12.5. The minimum absolute atomic E-state index is 0.0405. The zero-order valence-corrected chi connectivity index (χ0v) is 12.0. The normalized spacial score (nSPS) is 20.0. The topological polar surface area (TPSA) is 82.1 Å². The number of Topliss-reactive ketones (excluding diaryl/α,β-unsaturated/α-hetero) is 1. The Balaban J connectivity index is 1.77. The number of benzene rings is 1. The van der Waals surface area contributed by atoms with Crippen molar-refractivity contribution in [1.29, 1.82) is 0 Å². The zero-order chi connectivity index (χ0) is 15.7. The Morgan fingerprint density at radius 1 is 1.27 bits per heavy atom. The molecule has 1 amide bonds. The van der Waals surface area contributed by atoms with E-state index in [0.29, 0.717) is 23.6 Å². The van der Waals surface area contributed by atoms with Crippen molar-refractivity contribution in [1.82, 2.24) is 4.90 Å². The lowest BCUT2D eigenvalue weighted by atomic mass is 9.96. The molecular formula is C15H15NO6. The van der Waals surface area contributed by atoms with Crippen LogP contribution in [0, 0.1) is 5.92 Å². The monoisotopic (exact) mass is 305 g/mol. The fourth-order valence-electron chi connectivity index (χ4n) is 2.58. The number of methoxy groups -OCH3 is 1. The van der Waals surface area contributed by atoms with E-state index in [0.717, 1.165) is 0 Å². The molecule has 22 heavy (non-hydrogen) atoms. The second-order valence-corrected chi connectivity index (χ2v) is 5.11. The Morgan fingerprint density at radius 2 is 2.05 bits per heavy atom. The van der Waals surface area contributed by atoms with E-state index < -0.39 is 11.9 Å². The predicted molar refractivity (Wildman–Crippen MR) is 73.6 cm³/mol. The van der Waals surface area contributed by atoms with E-state index in [2.05, 4.69) is 4.74 Å². The summed E-state index contributed by atoms with van der Waals surface area (Å²) >= 11 is 0. The molecule has 116 valence electrons. The van der Waals surface area contributed by atoms with Gasteiger partial charge < -0.3 is 19.1 Å². The third-order valence-corrected chi connectivity index (χ3v) is 3.81. The number of piperidine rings is 1. The molecule has 2 heterocycles. The molecule has 0 spiro atoms. The number of carbonyl (C=O) groups excluding carboxylic acids is 3. The number of ether oxygens (including phenoxy) is 3. The van der Waals surface area contributed by atoms with Gasteiger partial charge in [-0.1, -0.05) is 0 Å². The van der Waals surface area contributed by atoms with E-state index in [1.165, 1.54) is 12.0 Å². The molecule has 7 nitrogen and oxygen atoms in total. The molecule has 2 aliphatic heterocycles. The van der Waals surface area contributed by atoms with Crippen LogP contribution in [0.25, 0.3) is 0 Å². The summed E-state index contributed by atoms with van der Waals surface area (Å²) in [6.45, 7) is 0.466. The van der Waals surface area contributed by atoms with Crippen LogP contribution >= 0.6 is 0 Å². The van der Waals surface area contributed by atoms with Crippen molar-refractivity contribution in [3.8, 4) is 11.5 Å². The lowest BCUT2D eigenvalue weighted by molar-refractivity contribution is -0.151. The first kappa shape index (κ1) is 14.4. The number of hydrogen-bond donors (Lipinski definition) is 0. The molecule has 1 aromatic rings. The van der Waals surface area contributed by atoms with Crippen molar-refractivity contribution >= 4 is 17.7 Å². The van der Waals surface area contributed by atoms with Gasteiger partial charge in [0.05, 0.1) is 7.11 Å². The molecule has 0 N–H and O–H groups in total. The van der Waals surface area contributed by atoms with Crippen molar-refractivity contribution in [2.45, 2.75) is 6.42 Å². The molecule has 1 aromatic carbocycles. The minimum Gasteiger partial charge on any atom is -0.468 e. The van der Waals surface area contributed by atoms with Crippen LogP contribution in [0.5, 0.6) is 11.5 Å². The Hall–Kier alpha value is -2.57. The number of carbonyl (C=O) groups is 3. The van der Waals surface area contributed by atoms with Gasteiger partial charge in [0.2, 0.25) is 6.79 Å². The van der Waals surface area contributed by atoms with E-state index in [1.54, 1.807) is 18.2 Å². The lowest BCUT2D eigenvalue weighted by Gasteiger charge is -2.30. The third-order valence-electron chi connectivity index (χ3n) is 3.81. The maximum Gasteiger partial charge on any atom is 0.318 e. The van der Waals surface area contributed by atoms with Gasteiger partial charge in [-0.05, 0) is 18.2 Å². The average molecular weight is 305 g/mol. The molecule has 1 unspecified atom stereocenters.